The van der Waals surface area contributed by atoms with Crippen molar-refractivity contribution in [1.82, 2.24) is 0 Å². The van der Waals surface area contributed by atoms with Crippen molar-refractivity contribution in [2.24, 2.45) is 17.4 Å². The molecule has 0 heterocycles. The molecule has 0 spiro atoms. The first-order valence-corrected chi connectivity index (χ1v) is 4.14. The molecule has 0 aromatic carbocycles. The van der Waals surface area contributed by atoms with E-state index >= 15 is 0 Å². The lowest BCUT2D eigenvalue weighted by molar-refractivity contribution is 0.124. The van der Waals surface area contributed by atoms with Crippen molar-refractivity contribution >= 4 is 0 Å². The van der Waals surface area contributed by atoms with E-state index in [2.05, 4.69) is 0 Å². The van der Waals surface area contributed by atoms with Crippen LogP contribution in [-0.2, 0) is 0 Å². The maximum atomic E-state index is 9.16. The summed E-state index contributed by atoms with van der Waals surface area (Å²) >= 11 is 0. The maximum Gasteiger partial charge on any atom is 0.0538 e. The number of hydrogen-bond acceptors (Lipinski definition) is 3. The van der Waals surface area contributed by atoms with Crippen LogP contribution in [-0.4, -0.2) is 23.3 Å². The van der Waals surface area contributed by atoms with Gasteiger partial charge in [-0.1, -0.05) is 6.92 Å². The number of rotatable bonds is 4. The van der Waals surface area contributed by atoms with Crippen LogP contribution in [0.3, 0.4) is 0 Å². The Morgan fingerprint density at radius 1 is 1.18 bits per heavy atom. The van der Waals surface area contributed by atoms with Gasteiger partial charge in [0, 0.05) is 12.1 Å². The average molecular weight is 160 g/mol. The molecule has 3 heteroatoms. The van der Waals surface area contributed by atoms with E-state index in [1.165, 1.54) is 0 Å². The van der Waals surface area contributed by atoms with Gasteiger partial charge in [-0.15, -0.1) is 0 Å². The minimum atomic E-state index is -0.292. The van der Waals surface area contributed by atoms with Crippen molar-refractivity contribution < 1.29 is 5.11 Å². The van der Waals surface area contributed by atoms with E-state index in [1.54, 1.807) is 6.92 Å². The average Bonchev–Trinajstić information content (AvgIpc) is 1.87. The molecule has 0 saturated heterocycles. The minimum Gasteiger partial charge on any atom is -0.393 e. The van der Waals surface area contributed by atoms with Crippen LogP contribution in [0.15, 0.2) is 0 Å². The van der Waals surface area contributed by atoms with Gasteiger partial charge in [0.25, 0.3) is 0 Å². The predicted molar refractivity (Wildman–Crippen MR) is 47.1 cm³/mol. The molecule has 0 radical (unpaired) electrons. The van der Waals surface area contributed by atoms with Gasteiger partial charge in [-0.2, -0.15) is 0 Å². The summed E-state index contributed by atoms with van der Waals surface area (Å²) in [5, 5.41) is 9.16. The van der Waals surface area contributed by atoms with Crippen LogP contribution in [0.4, 0.5) is 0 Å². The second kappa shape index (κ2) is 4.70. The highest BCUT2D eigenvalue weighted by atomic mass is 16.3. The molecule has 0 aliphatic rings. The molecule has 4 unspecified atom stereocenters. The lowest BCUT2D eigenvalue weighted by atomic mass is 9.94. The fourth-order valence-electron chi connectivity index (χ4n) is 0.841. The van der Waals surface area contributed by atoms with E-state index in [1.807, 2.05) is 13.8 Å². The molecule has 0 saturated carbocycles. The molecule has 0 fully saturated rings. The Hall–Kier alpha value is -0.120. The molecule has 5 N–H and O–H groups in total. The van der Waals surface area contributed by atoms with Gasteiger partial charge in [-0.25, -0.2) is 0 Å². The van der Waals surface area contributed by atoms with Gasteiger partial charge >= 0.3 is 0 Å². The summed E-state index contributed by atoms with van der Waals surface area (Å²) in [5.41, 5.74) is 11.3. The molecule has 0 aromatic rings. The fourth-order valence-corrected chi connectivity index (χ4v) is 0.841. The SMILES string of the molecule is CC(N)C(N)CC(C)C(C)O. The van der Waals surface area contributed by atoms with Crippen LogP contribution in [0.5, 0.6) is 0 Å². The molecule has 0 aliphatic heterocycles. The van der Waals surface area contributed by atoms with Crippen LogP contribution in [0, 0.1) is 5.92 Å². The Morgan fingerprint density at radius 3 is 1.91 bits per heavy atom. The number of aliphatic hydroxyl groups is 1. The normalized spacial score (nSPS) is 22.4. The smallest absolute Gasteiger partial charge is 0.0538 e. The van der Waals surface area contributed by atoms with E-state index in [0.717, 1.165) is 6.42 Å². The molecule has 0 rings (SSSR count). The van der Waals surface area contributed by atoms with Crippen molar-refractivity contribution in [3.05, 3.63) is 0 Å². The largest absolute Gasteiger partial charge is 0.393 e. The Kier molecular flexibility index (Phi) is 4.65. The quantitative estimate of drug-likeness (QED) is 0.545. The number of aliphatic hydroxyl groups excluding tert-OH is 1. The molecule has 0 bridgehead atoms. The molecule has 68 valence electrons. The van der Waals surface area contributed by atoms with Crippen molar-refractivity contribution in [2.45, 2.75) is 45.4 Å². The zero-order valence-electron chi connectivity index (χ0n) is 7.62. The van der Waals surface area contributed by atoms with Crippen LogP contribution in [0.25, 0.3) is 0 Å². The Balaban J connectivity index is 3.66. The Bertz CT molecular complexity index is 92.3. The van der Waals surface area contributed by atoms with Crippen molar-refractivity contribution in [3.63, 3.8) is 0 Å². The Morgan fingerprint density at radius 2 is 1.64 bits per heavy atom. The topological polar surface area (TPSA) is 72.3 Å². The maximum absolute atomic E-state index is 9.16. The van der Waals surface area contributed by atoms with Gasteiger partial charge in [0.05, 0.1) is 6.10 Å². The zero-order chi connectivity index (χ0) is 9.02. The highest BCUT2D eigenvalue weighted by molar-refractivity contribution is 4.75. The monoisotopic (exact) mass is 160 g/mol. The summed E-state index contributed by atoms with van der Waals surface area (Å²) in [4.78, 5) is 0. The third-order valence-electron chi connectivity index (χ3n) is 2.14. The fraction of sp³-hybridized carbons (Fsp3) is 1.00. The summed E-state index contributed by atoms with van der Waals surface area (Å²) in [6.07, 6.45) is 0.495. The van der Waals surface area contributed by atoms with Crippen LogP contribution in [0.2, 0.25) is 0 Å². The third kappa shape index (κ3) is 4.35. The highest BCUT2D eigenvalue weighted by Gasteiger charge is 2.15. The van der Waals surface area contributed by atoms with Gasteiger partial charge < -0.3 is 16.6 Å². The standard InChI is InChI=1S/C8H20N2O/c1-5(7(3)11)4-8(10)6(2)9/h5-8,11H,4,9-10H2,1-3H3. The van der Waals surface area contributed by atoms with Crippen molar-refractivity contribution in [1.29, 1.82) is 0 Å². The summed E-state index contributed by atoms with van der Waals surface area (Å²) in [6, 6.07) is 0.01000. The van der Waals surface area contributed by atoms with Crippen LogP contribution in [0.1, 0.15) is 27.2 Å². The molecule has 4 atom stereocenters. The van der Waals surface area contributed by atoms with E-state index in [-0.39, 0.29) is 24.1 Å². The molecular weight excluding hydrogens is 140 g/mol. The van der Waals surface area contributed by atoms with E-state index < -0.39 is 0 Å². The van der Waals surface area contributed by atoms with Crippen molar-refractivity contribution in [2.75, 3.05) is 0 Å². The first-order valence-electron chi connectivity index (χ1n) is 4.14. The second-order valence-electron chi connectivity index (χ2n) is 3.48. The van der Waals surface area contributed by atoms with Gasteiger partial charge in [0.2, 0.25) is 0 Å². The molecule has 11 heavy (non-hydrogen) atoms. The summed E-state index contributed by atoms with van der Waals surface area (Å²) in [7, 11) is 0. The lowest BCUT2D eigenvalue weighted by Gasteiger charge is -2.21. The zero-order valence-corrected chi connectivity index (χ0v) is 7.62. The summed E-state index contributed by atoms with van der Waals surface area (Å²) < 4.78 is 0. The van der Waals surface area contributed by atoms with Gasteiger partial charge in [-0.05, 0) is 26.2 Å². The van der Waals surface area contributed by atoms with Gasteiger partial charge in [0.15, 0.2) is 0 Å². The minimum absolute atomic E-state index is 0.000370. The molecule has 3 nitrogen and oxygen atoms in total. The first-order chi connectivity index (χ1) is 4.95. The predicted octanol–water partition coefficient (Wildman–Crippen LogP) is 0.0679. The highest BCUT2D eigenvalue weighted by Crippen LogP contribution is 2.10. The third-order valence-corrected chi connectivity index (χ3v) is 2.14. The first kappa shape index (κ1) is 10.9. The lowest BCUT2D eigenvalue weighted by Crippen LogP contribution is -2.41. The molecule has 0 aromatic heterocycles. The van der Waals surface area contributed by atoms with Gasteiger partial charge in [0.1, 0.15) is 0 Å². The summed E-state index contributed by atoms with van der Waals surface area (Å²) in [5.74, 6) is 0.232. The van der Waals surface area contributed by atoms with Crippen LogP contribution < -0.4 is 11.5 Å². The second-order valence-corrected chi connectivity index (χ2v) is 3.48. The van der Waals surface area contributed by atoms with E-state index in [4.69, 9.17) is 16.6 Å². The van der Waals surface area contributed by atoms with Crippen LogP contribution >= 0.6 is 0 Å². The van der Waals surface area contributed by atoms with E-state index in [0.29, 0.717) is 0 Å². The number of hydrogen-bond donors (Lipinski definition) is 3. The van der Waals surface area contributed by atoms with Crippen molar-refractivity contribution in [3.8, 4) is 0 Å². The molecule has 0 aliphatic carbocycles. The molecule has 0 amide bonds. The number of nitrogens with two attached hydrogens (primary N) is 2. The van der Waals surface area contributed by atoms with E-state index in [9.17, 15) is 0 Å². The Labute approximate surface area is 68.8 Å². The summed E-state index contributed by atoms with van der Waals surface area (Å²) in [6.45, 7) is 5.64. The van der Waals surface area contributed by atoms with Gasteiger partial charge in [-0.3, -0.25) is 0 Å². The molecular formula is C8H20N2O.